The highest BCUT2D eigenvalue weighted by molar-refractivity contribution is 4.91. The highest BCUT2D eigenvalue weighted by Crippen LogP contribution is 2.23. The van der Waals surface area contributed by atoms with Crippen molar-refractivity contribution in [2.45, 2.75) is 24.7 Å². The second-order valence-corrected chi connectivity index (χ2v) is 4.91. The largest absolute Gasteiger partial charge is 0.390 e. The molecular formula is C11H19F3N2O2. The molecule has 2 rings (SSSR count). The number of rotatable bonds is 3. The molecular weight excluding hydrogens is 249 g/mol. The topological polar surface area (TPSA) is 35.9 Å². The number of likely N-dealkylation sites (tertiary alicyclic amines) is 1. The lowest BCUT2D eigenvalue weighted by Gasteiger charge is -2.33. The Balaban J connectivity index is 1.80. The molecule has 0 saturated carbocycles. The summed E-state index contributed by atoms with van der Waals surface area (Å²) in [5.74, 6) is 0. The van der Waals surface area contributed by atoms with Crippen LogP contribution in [0.25, 0.3) is 0 Å². The van der Waals surface area contributed by atoms with Crippen LogP contribution in [0.4, 0.5) is 13.2 Å². The second kappa shape index (κ2) is 5.73. The van der Waals surface area contributed by atoms with Crippen LogP contribution < -0.4 is 0 Å². The zero-order chi connectivity index (χ0) is 13.2. The van der Waals surface area contributed by atoms with E-state index in [2.05, 4.69) is 4.90 Å². The normalized spacial score (nSPS) is 32.0. The number of aliphatic hydroxyl groups excluding tert-OH is 1. The summed E-state index contributed by atoms with van der Waals surface area (Å²) >= 11 is 0. The molecule has 18 heavy (non-hydrogen) atoms. The number of hydrogen-bond donors (Lipinski definition) is 1. The molecule has 7 heteroatoms. The van der Waals surface area contributed by atoms with E-state index in [-0.39, 0.29) is 12.6 Å². The fourth-order valence-corrected chi connectivity index (χ4v) is 2.58. The van der Waals surface area contributed by atoms with Gasteiger partial charge in [-0.2, -0.15) is 13.2 Å². The molecule has 2 atom stereocenters. The second-order valence-electron chi connectivity index (χ2n) is 4.91. The maximum atomic E-state index is 12.1. The van der Waals surface area contributed by atoms with Gasteiger partial charge in [0.2, 0.25) is 0 Å². The van der Waals surface area contributed by atoms with E-state index in [1.807, 2.05) is 0 Å². The van der Waals surface area contributed by atoms with Gasteiger partial charge in [0, 0.05) is 38.8 Å². The van der Waals surface area contributed by atoms with E-state index in [1.54, 1.807) is 4.90 Å². The van der Waals surface area contributed by atoms with Gasteiger partial charge in [0.15, 0.2) is 0 Å². The van der Waals surface area contributed by atoms with Gasteiger partial charge < -0.3 is 9.84 Å². The molecule has 0 aromatic carbocycles. The van der Waals surface area contributed by atoms with E-state index in [0.29, 0.717) is 26.3 Å². The van der Waals surface area contributed by atoms with Crippen molar-refractivity contribution in [1.82, 2.24) is 9.80 Å². The summed E-state index contributed by atoms with van der Waals surface area (Å²) in [5.41, 5.74) is 0. The smallest absolute Gasteiger partial charge is 0.390 e. The van der Waals surface area contributed by atoms with Gasteiger partial charge in [0.05, 0.1) is 25.7 Å². The van der Waals surface area contributed by atoms with Crippen molar-refractivity contribution in [3.63, 3.8) is 0 Å². The summed E-state index contributed by atoms with van der Waals surface area (Å²) in [4.78, 5) is 3.81. The SMILES string of the molecule is O[C@H]1CN(CCC(F)(F)F)C[C@@H]1N1CCOCC1. The van der Waals surface area contributed by atoms with Crippen LogP contribution >= 0.6 is 0 Å². The van der Waals surface area contributed by atoms with Crippen LogP contribution in [-0.4, -0.2) is 79.2 Å². The molecule has 0 spiro atoms. The van der Waals surface area contributed by atoms with Crippen molar-refractivity contribution in [2.24, 2.45) is 0 Å². The van der Waals surface area contributed by atoms with Gasteiger partial charge in [0.1, 0.15) is 0 Å². The molecule has 2 saturated heterocycles. The van der Waals surface area contributed by atoms with Gasteiger partial charge in [-0.3, -0.25) is 9.80 Å². The van der Waals surface area contributed by atoms with E-state index < -0.39 is 18.7 Å². The van der Waals surface area contributed by atoms with Gasteiger partial charge >= 0.3 is 6.18 Å². The van der Waals surface area contributed by atoms with Crippen molar-refractivity contribution >= 4 is 0 Å². The molecule has 0 aromatic heterocycles. The summed E-state index contributed by atoms with van der Waals surface area (Å²) in [7, 11) is 0. The van der Waals surface area contributed by atoms with Crippen LogP contribution in [0.15, 0.2) is 0 Å². The van der Waals surface area contributed by atoms with Crippen molar-refractivity contribution < 1.29 is 23.0 Å². The van der Waals surface area contributed by atoms with Gasteiger partial charge in [-0.15, -0.1) is 0 Å². The fraction of sp³-hybridized carbons (Fsp3) is 1.00. The minimum atomic E-state index is -4.12. The van der Waals surface area contributed by atoms with Crippen molar-refractivity contribution in [3.8, 4) is 0 Å². The predicted octanol–water partition coefficient (Wildman–Crippen LogP) is 0.316. The summed E-state index contributed by atoms with van der Waals surface area (Å²) in [6.45, 7) is 3.57. The number of morpholine rings is 1. The zero-order valence-corrected chi connectivity index (χ0v) is 10.2. The maximum Gasteiger partial charge on any atom is 0.390 e. The number of ether oxygens (including phenoxy) is 1. The number of halogens is 3. The average molecular weight is 268 g/mol. The van der Waals surface area contributed by atoms with Gasteiger partial charge in [-0.1, -0.05) is 0 Å². The maximum absolute atomic E-state index is 12.1. The van der Waals surface area contributed by atoms with E-state index in [4.69, 9.17) is 4.74 Å². The van der Waals surface area contributed by atoms with E-state index in [9.17, 15) is 18.3 Å². The first-order valence-electron chi connectivity index (χ1n) is 6.25. The fourth-order valence-electron chi connectivity index (χ4n) is 2.58. The lowest BCUT2D eigenvalue weighted by atomic mass is 10.2. The van der Waals surface area contributed by atoms with Crippen molar-refractivity contribution in [3.05, 3.63) is 0 Å². The van der Waals surface area contributed by atoms with Crippen LogP contribution in [0.2, 0.25) is 0 Å². The van der Waals surface area contributed by atoms with Gasteiger partial charge in [0.25, 0.3) is 0 Å². The number of β-amino-alcohol motifs (C(OH)–C–C–N with tert-alkyl or cyclic N) is 1. The minimum absolute atomic E-state index is 0.0264. The minimum Gasteiger partial charge on any atom is -0.390 e. The number of aliphatic hydroxyl groups is 1. The molecule has 0 aromatic rings. The molecule has 0 bridgehead atoms. The highest BCUT2D eigenvalue weighted by atomic mass is 19.4. The molecule has 1 N–H and O–H groups in total. The van der Waals surface area contributed by atoms with Gasteiger partial charge in [-0.25, -0.2) is 0 Å². The standard InChI is InChI=1S/C11H19F3N2O2/c12-11(13,14)1-2-15-7-9(10(17)8-15)16-3-5-18-6-4-16/h9-10,17H,1-8H2/t9-,10-/m0/s1. The Hall–Kier alpha value is -0.370. The Morgan fingerprint density at radius 3 is 2.44 bits per heavy atom. The lowest BCUT2D eigenvalue weighted by molar-refractivity contribution is -0.137. The number of alkyl halides is 3. The Morgan fingerprint density at radius 1 is 1.17 bits per heavy atom. The summed E-state index contributed by atoms with van der Waals surface area (Å²) in [5, 5.41) is 9.94. The molecule has 0 unspecified atom stereocenters. The Bertz CT molecular complexity index is 270. The predicted molar refractivity (Wildman–Crippen MR) is 59.3 cm³/mol. The van der Waals surface area contributed by atoms with Crippen LogP contribution in [-0.2, 0) is 4.74 Å². The molecule has 0 aliphatic carbocycles. The third-order valence-electron chi connectivity index (χ3n) is 3.56. The van der Waals surface area contributed by atoms with E-state index >= 15 is 0 Å². The van der Waals surface area contributed by atoms with Crippen molar-refractivity contribution in [1.29, 1.82) is 0 Å². The molecule has 106 valence electrons. The Kier molecular flexibility index (Phi) is 4.47. The lowest BCUT2D eigenvalue weighted by Crippen LogP contribution is -2.48. The first kappa shape index (κ1) is 14.0. The van der Waals surface area contributed by atoms with Crippen LogP contribution in [0.3, 0.4) is 0 Å². The third kappa shape index (κ3) is 3.81. The monoisotopic (exact) mass is 268 g/mol. The van der Waals surface area contributed by atoms with Crippen LogP contribution in [0.1, 0.15) is 6.42 Å². The molecule has 0 radical (unpaired) electrons. The zero-order valence-electron chi connectivity index (χ0n) is 10.2. The Morgan fingerprint density at radius 2 is 1.83 bits per heavy atom. The summed E-state index contributed by atoms with van der Waals surface area (Å²) in [6, 6.07) is -0.0536. The van der Waals surface area contributed by atoms with Crippen molar-refractivity contribution in [2.75, 3.05) is 45.9 Å². The quantitative estimate of drug-likeness (QED) is 0.799. The Labute approximate surface area is 104 Å². The van der Waals surface area contributed by atoms with E-state index in [1.165, 1.54) is 0 Å². The number of hydrogen-bond acceptors (Lipinski definition) is 4. The summed E-state index contributed by atoms with van der Waals surface area (Å²) in [6.07, 6.45) is -5.49. The molecule has 2 aliphatic heterocycles. The van der Waals surface area contributed by atoms with Gasteiger partial charge in [-0.05, 0) is 0 Å². The highest BCUT2D eigenvalue weighted by Gasteiger charge is 2.37. The first-order valence-corrected chi connectivity index (χ1v) is 6.25. The first-order chi connectivity index (χ1) is 8.46. The number of nitrogens with zero attached hydrogens (tertiary/aromatic N) is 2. The average Bonchev–Trinajstić information content (AvgIpc) is 2.68. The van der Waals surface area contributed by atoms with E-state index in [0.717, 1.165) is 13.1 Å². The summed E-state index contributed by atoms with van der Waals surface area (Å²) < 4.78 is 41.7. The molecule has 2 fully saturated rings. The molecule has 4 nitrogen and oxygen atoms in total. The molecule has 2 aliphatic rings. The molecule has 0 amide bonds. The van der Waals surface area contributed by atoms with Crippen LogP contribution in [0.5, 0.6) is 0 Å². The molecule has 2 heterocycles. The van der Waals surface area contributed by atoms with Crippen LogP contribution in [0, 0.1) is 0 Å². The third-order valence-corrected chi connectivity index (χ3v) is 3.56.